The fourth-order valence-corrected chi connectivity index (χ4v) is 3.17. The second-order valence-electron chi connectivity index (χ2n) is 4.76. The van der Waals surface area contributed by atoms with E-state index in [1.807, 2.05) is 0 Å². The Morgan fingerprint density at radius 3 is 2.71 bits per heavy atom. The molecule has 0 radical (unpaired) electrons. The molecule has 1 aliphatic carbocycles. The normalized spacial score (nSPS) is 40.4. The van der Waals surface area contributed by atoms with Crippen molar-refractivity contribution >= 4 is 0 Å². The number of fused-ring (bicyclic) bond motifs is 1. The fourth-order valence-electron chi connectivity index (χ4n) is 3.17. The van der Waals surface area contributed by atoms with Crippen LogP contribution in [-0.4, -0.2) is 6.04 Å². The highest BCUT2D eigenvalue weighted by molar-refractivity contribution is 5.36. The standard InChI is InChI=1S/C13H17N/c1-10-6-5-9-12-13(10,14-12)11-7-3-2-4-8-11/h2-4,7-8,10,12,14H,5-6,9H2,1H3/t10-,12?,13-/m0/s1. The Morgan fingerprint density at radius 1 is 1.21 bits per heavy atom. The van der Waals surface area contributed by atoms with E-state index in [0.717, 1.165) is 12.0 Å². The Bertz CT molecular complexity index is 332. The van der Waals surface area contributed by atoms with E-state index in [4.69, 9.17) is 0 Å². The summed E-state index contributed by atoms with van der Waals surface area (Å²) in [6, 6.07) is 11.7. The smallest absolute Gasteiger partial charge is 0.0619 e. The monoisotopic (exact) mass is 187 g/mol. The van der Waals surface area contributed by atoms with Crippen molar-refractivity contribution in [3.63, 3.8) is 0 Å². The summed E-state index contributed by atoms with van der Waals surface area (Å²) in [5.74, 6) is 0.795. The molecule has 1 aromatic rings. The molecule has 0 aromatic heterocycles. The van der Waals surface area contributed by atoms with Crippen molar-refractivity contribution in [2.75, 3.05) is 0 Å². The van der Waals surface area contributed by atoms with Gasteiger partial charge in [0.15, 0.2) is 0 Å². The molecule has 2 aliphatic rings. The zero-order valence-corrected chi connectivity index (χ0v) is 8.66. The van der Waals surface area contributed by atoms with Gasteiger partial charge >= 0.3 is 0 Å². The molecule has 0 bridgehead atoms. The molecule has 1 aliphatic heterocycles. The van der Waals surface area contributed by atoms with Crippen molar-refractivity contribution < 1.29 is 0 Å². The summed E-state index contributed by atoms with van der Waals surface area (Å²) in [6.45, 7) is 2.39. The number of hydrogen-bond acceptors (Lipinski definition) is 1. The Kier molecular flexibility index (Phi) is 1.72. The van der Waals surface area contributed by atoms with Crippen LogP contribution in [0.1, 0.15) is 31.7 Å². The average molecular weight is 187 g/mol. The number of rotatable bonds is 1. The predicted octanol–water partition coefficient (Wildman–Crippen LogP) is 2.67. The first-order valence-corrected chi connectivity index (χ1v) is 5.67. The molecule has 1 heteroatoms. The molecule has 1 saturated heterocycles. The highest BCUT2D eigenvalue weighted by Crippen LogP contribution is 2.51. The van der Waals surface area contributed by atoms with Crippen LogP contribution in [-0.2, 0) is 5.54 Å². The largest absolute Gasteiger partial charge is 0.301 e. The summed E-state index contributed by atoms with van der Waals surface area (Å²) in [7, 11) is 0. The van der Waals surface area contributed by atoms with Gasteiger partial charge in [-0.2, -0.15) is 0 Å². The van der Waals surface area contributed by atoms with Gasteiger partial charge in [-0.1, -0.05) is 43.7 Å². The van der Waals surface area contributed by atoms with Gasteiger partial charge in [0, 0.05) is 6.04 Å². The second-order valence-corrected chi connectivity index (χ2v) is 4.76. The van der Waals surface area contributed by atoms with Crippen LogP contribution < -0.4 is 5.32 Å². The summed E-state index contributed by atoms with van der Waals surface area (Å²) in [5.41, 5.74) is 1.84. The minimum absolute atomic E-state index is 0.347. The molecule has 14 heavy (non-hydrogen) atoms. The van der Waals surface area contributed by atoms with Crippen LogP contribution in [0.3, 0.4) is 0 Å². The zero-order chi connectivity index (χ0) is 9.60. The summed E-state index contributed by atoms with van der Waals surface area (Å²) in [5, 5.41) is 3.71. The first-order valence-electron chi connectivity index (χ1n) is 5.67. The minimum Gasteiger partial charge on any atom is -0.301 e. The minimum atomic E-state index is 0.347. The van der Waals surface area contributed by atoms with Gasteiger partial charge in [-0.25, -0.2) is 0 Å². The van der Waals surface area contributed by atoms with Gasteiger partial charge in [0.25, 0.3) is 0 Å². The fraction of sp³-hybridized carbons (Fsp3) is 0.538. The summed E-state index contributed by atoms with van der Waals surface area (Å²) in [6.07, 6.45) is 4.13. The van der Waals surface area contributed by atoms with E-state index in [9.17, 15) is 0 Å². The molecule has 74 valence electrons. The van der Waals surface area contributed by atoms with Gasteiger partial charge in [0.1, 0.15) is 0 Å². The van der Waals surface area contributed by atoms with Crippen LogP contribution >= 0.6 is 0 Å². The Morgan fingerprint density at radius 2 is 2.00 bits per heavy atom. The van der Waals surface area contributed by atoms with Crippen LogP contribution in [0.5, 0.6) is 0 Å². The van der Waals surface area contributed by atoms with E-state index in [1.54, 1.807) is 0 Å². The van der Waals surface area contributed by atoms with Gasteiger partial charge in [-0.3, -0.25) is 0 Å². The summed E-state index contributed by atoms with van der Waals surface area (Å²) in [4.78, 5) is 0. The van der Waals surface area contributed by atoms with Gasteiger partial charge in [0.2, 0.25) is 0 Å². The van der Waals surface area contributed by atoms with E-state index < -0.39 is 0 Å². The van der Waals surface area contributed by atoms with E-state index >= 15 is 0 Å². The Hall–Kier alpha value is -0.820. The zero-order valence-electron chi connectivity index (χ0n) is 8.66. The highest BCUT2D eigenvalue weighted by atomic mass is 15.2. The van der Waals surface area contributed by atoms with E-state index in [-0.39, 0.29) is 0 Å². The van der Waals surface area contributed by atoms with Crippen molar-refractivity contribution in [3.8, 4) is 0 Å². The summed E-state index contributed by atoms with van der Waals surface area (Å²) >= 11 is 0. The van der Waals surface area contributed by atoms with Crippen LogP contribution in [0.15, 0.2) is 30.3 Å². The van der Waals surface area contributed by atoms with Crippen molar-refractivity contribution in [1.82, 2.24) is 5.32 Å². The predicted molar refractivity (Wildman–Crippen MR) is 58.1 cm³/mol. The number of benzene rings is 1. The maximum absolute atomic E-state index is 3.71. The molecule has 3 rings (SSSR count). The van der Waals surface area contributed by atoms with Crippen LogP contribution in [0, 0.1) is 5.92 Å². The third-order valence-electron chi connectivity index (χ3n) is 4.04. The molecule has 2 fully saturated rings. The van der Waals surface area contributed by atoms with Crippen LogP contribution in [0.2, 0.25) is 0 Å². The lowest BCUT2D eigenvalue weighted by atomic mass is 9.76. The molecule has 1 aromatic carbocycles. The quantitative estimate of drug-likeness (QED) is 0.671. The Balaban J connectivity index is 1.98. The van der Waals surface area contributed by atoms with E-state index in [2.05, 4.69) is 42.6 Å². The molecule has 1 nitrogen and oxygen atoms in total. The molecular weight excluding hydrogens is 170 g/mol. The van der Waals surface area contributed by atoms with Crippen LogP contribution in [0.25, 0.3) is 0 Å². The number of nitrogens with one attached hydrogen (secondary N) is 1. The van der Waals surface area contributed by atoms with Gasteiger partial charge in [-0.15, -0.1) is 0 Å². The molecule has 1 heterocycles. The topological polar surface area (TPSA) is 21.9 Å². The van der Waals surface area contributed by atoms with Gasteiger partial charge < -0.3 is 5.32 Å². The highest BCUT2D eigenvalue weighted by Gasteiger charge is 2.59. The number of hydrogen-bond donors (Lipinski definition) is 1. The van der Waals surface area contributed by atoms with Gasteiger partial charge in [-0.05, 0) is 24.3 Å². The maximum atomic E-state index is 3.71. The molecule has 1 N–H and O–H groups in total. The van der Waals surface area contributed by atoms with E-state index in [0.29, 0.717) is 5.54 Å². The second kappa shape index (κ2) is 2.83. The SMILES string of the molecule is C[C@H]1CCCC2N[C@@]21c1ccccc1. The van der Waals surface area contributed by atoms with Crippen LogP contribution in [0.4, 0.5) is 0 Å². The third-order valence-corrected chi connectivity index (χ3v) is 4.04. The maximum Gasteiger partial charge on any atom is 0.0619 e. The first kappa shape index (κ1) is 8.49. The van der Waals surface area contributed by atoms with Crippen molar-refractivity contribution in [3.05, 3.63) is 35.9 Å². The van der Waals surface area contributed by atoms with E-state index in [1.165, 1.54) is 24.8 Å². The third kappa shape index (κ3) is 0.992. The molecule has 3 atom stereocenters. The van der Waals surface area contributed by atoms with Crippen molar-refractivity contribution in [2.45, 2.75) is 37.8 Å². The Labute approximate surface area is 85.5 Å². The molecule has 0 amide bonds. The average Bonchev–Trinajstić information content (AvgIpc) is 2.96. The van der Waals surface area contributed by atoms with Crippen molar-refractivity contribution in [1.29, 1.82) is 0 Å². The summed E-state index contributed by atoms with van der Waals surface area (Å²) < 4.78 is 0. The first-order chi connectivity index (χ1) is 6.84. The lowest BCUT2D eigenvalue weighted by Gasteiger charge is -2.27. The molecule has 1 saturated carbocycles. The molecule has 1 unspecified atom stereocenters. The molecule has 0 spiro atoms. The van der Waals surface area contributed by atoms with Crippen molar-refractivity contribution in [2.24, 2.45) is 5.92 Å². The molecular formula is C13H17N. The lowest BCUT2D eigenvalue weighted by molar-refractivity contribution is 0.336. The lowest BCUT2D eigenvalue weighted by Crippen LogP contribution is -2.27. The van der Waals surface area contributed by atoms with Gasteiger partial charge in [0.05, 0.1) is 5.54 Å².